The highest BCUT2D eigenvalue weighted by Crippen LogP contribution is 2.44. The molecule has 9 rings (SSSR count). The number of anilines is 2. The molecule has 57 heavy (non-hydrogen) atoms. The second-order valence-electron chi connectivity index (χ2n) is 15.0. The van der Waals surface area contributed by atoms with Crippen LogP contribution in [0.4, 0.5) is 16.0 Å². The lowest BCUT2D eigenvalue weighted by Crippen LogP contribution is -2.52. The Balaban J connectivity index is 0.833. The molecule has 5 heterocycles. The molecule has 290 valence electrons. The number of benzene rings is 3. The maximum atomic E-state index is 15.5. The number of halogens is 1. The number of imide groups is 1. The minimum absolute atomic E-state index is 0.121. The molecule has 2 atom stereocenters. The number of hydrogen-bond donors (Lipinski definition) is 3. The van der Waals surface area contributed by atoms with Crippen LogP contribution in [0.1, 0.15) is 72.5 Å². The van der Waals surface area contributed by atoms with E-state index in [9.17, 15) is 18.6 Å². The van der Waals surface area contributed by atoms with Crippen LogP contribution in [0.5, 0.6) is 5.75 Å². The fraction of sp³-hybridized carbons (Fsp3) is 0.293. The highest BCUT2D eigenvalue weighted by atomic mass is 32.2. The predicted molar refractivity (Wildman–Crippen MR) is 207 cm³/mol. The number of hydrogen-bond acceptors (Lipinski definition) is 10. The lowest BCUT2D eigenvalue weighted by Gasteiger charge is -2.36. The Morgan fingerprint density at radius 2 is 1.89 bits per heavy atom. The van der Waals surface area contributed by atoms with Gasteiger partial charge in [-0.2, -0.15) is 14.6 Å². The van der Waals surface area contributed by atoms with E-state index in [1.165, 1.54) is 28.5 Å². The molecule has 6 aromatic rings. The molecule has 2 fully saturated rings. The number of carbonyl (C=O) groups excluding carboxylic acids is 3. The molecule has 3 aliphatic rings. The minimum atomic E-state index is -1.62. The molecule has 0 bridgehead atoms. The maximum Gasteiger partial charge on any atom is 0.255 e. The molecule has 3 amide bonds. The molecule has 16 heteroatoms. The number of aromatic amines is 1. The molecular weight excluding hydrogens is 750 g/mol. The van der Waals surface area contributed by atoms with E-state index < -0.39 is 28.6 Å². The zero-order valence-electron chi connectivity index (χ0n) is 31.1. The first kappa shape index (κ1) is 36.4. The van der Waals surface area contributed by atoms with Crippen LogP contribution in [0, 0.1) is 11.7 Å². The number of piperidine rings is 1. The van der Waals surface area contributed by atoms with Crippen molar-refractivity contribution in [2.45, 2.75) is 80.4 Å². The molecule has 3 aromatic heterocycles. The largest absolute Gasteiger partial charge is 0.485 e. The predicted octanol–water partition coefficient (Wildman–Crippen LogP) is 5.85. The van der Waals surface area contributed by atoms with E-state index in [1.54, 1.807) is 29.4 Å². The summed E-state index contributed by atoms with van der Waals surface area (Å²) in [6, 6.07) is 17.4. The third-order valence-corrected chi connectivity index (χ3v) is 12.1. The smallest absolute Gasteiger partial charge is 0.255 e. The second kappa shape index (κ2) is 14.7. The van der Waals surface area contributed by atoms with Crippen LogP contribution in [0.3, 0.4) is 0 Å². The lowest BCUT2D eigenvalue weighted by molar-refractivity contribution is -0.136. The Bertz CT molecular complexity index is 2590. The third-order valence-electron chi connectivity index (χ3n) is 10.8. The van der Waals surface area contributed by atoms with Gasteiger partial charge in [-0.1, -0.05) is 24.3 Å². The number of ether oxygens (including phenoxy) is 1. The monoisotopic (exact) mass is 787 g/mol. The van der Waals surface area contributed by atoms with Gasteiger partial charge in [0.15, 0.2) is 5.75 Å². The third kappa shape index (κ3) is 7.05. The maximum absolute atomic E-state index is 15.5. The van der Waals surface area contributed by atoms with Crippen LogP contribution in [0.25, 0.3) is 16.9 Å². The number of nitrogens with one attached hydrogen (secondary N) is 3. The van der Waals surface area contributed by atoms with E-state index in [-0.39, 0.29) is 36.0 Å². The SMILES string of the molecule is CC(C)Oc1c(-c2cn[nH]c2)ncn2nc(Nc3ccc(S(=O)c4cccc(CC5CC(c6ccc7c(c6)CN(C6CCC(=O)NC6=O)C7=O)C5)c4)cc3F)nc12. The number of amides is 3. The number of rotatable bonds is 11. The van der Waals surface area contributed by atoms with Crippen LogP contribution in [0.2, 0.25) is 0 Å². The summed E-state index contributed by atoms with van der Waals surface area (Å²) in [5.41, 5.74) is 5.55. The van der Waals surface area contributed by atoms with Gasteiger partial charge >= 0.3 is 0 Å². The number of nitrogens with zero attached hydrogens (tertiary/aromatic N) is 6. The van der Waals surface area contributed by atoms with Gasteiger partial charge in [0.1, 0.15) is 23.9 Å². The van der Waals surface area contributed by atoms with Crippen molar-refractivity contribution in [3.63, 3.8) is 0 Å². The molecule has 3 aromatic carbocycles. The number of fused-ring (bicyclic) bond motifs is 2. The summed E-state index contributed by atoms with van der Waals surface area (Å²) in [6.07, 6.45) is 8.00. The van der Waals surface area contributed by atoms with Gasteiger partial charge in [-0.3, -0.25) is 24.8 Å². The summed E-state index contributed by atoms with van der Waals surface area (Å²) in [6.45, 7) is 4.15. The van der Waals surface area contributed by atoms with Crippen molar-refractivity contribution in [3.8, 4) is 17.0 Å². The normalized spacial score (nSPS) is 19.8. The second-order valence-corrected chi connectivity index (χ2v) is 16.5. The van der Waals surface area contributed by atoms with Crippen molar-refractivity contribution in [1.29, 1.82) is 0 Å². The molecule has 14 nitrogen and oxygen atoms in total. The quantitative estimate of drug-likeness (QED) is 0.135. The van der Waals surface area contributed by atoms with Crippen molar-refractivity contribution in [1.82, 2.24) is 40.0 Å². The number of H-pyrrole nitrogens is 1. The van der Waals surface area contributed by atoms with E-state index in [0.717, 1.165) is 36.0 Å². The molecule has 2 aliphatic heterocycles. The topological polar surface area (TPSA) is 177 Å². The Labute approximate surface area is 328 Å². The molecule has 1 saturated heterocycles. The average molecular weight is 788 g/mol. The van der Waals surface area contributed by atoms with Crippen LogP contribution < -0.4 is 15.4 Å². The molecule has 3 N–H and O–H groups in total. The highest BCUT2D eigenvalue weighted by Gasteiger charge is 2.40. The van der Waals surface area contributed by atoms with Crippen LogP contribution in [-0.2, 0) is 33.4 Å². The zero-order valence-corrected chi connectivity index (χ0v) is 31.9. The van der Waals surface area contributed by atoms with Crippen molar-refractivity contribution in [2.24, 2.45) is 5.92 Å². The Hall–Kier alpha value is -6.29. The molecule has 0 spiro atoms. The van der Waals surface area contributed by atoms with Gasteiger partial charge in [0.25, 0.3) is 5.91 Å². The van der Waals surface area contributed by atoms with Gasteiger partial charge in [0.2, 0.25) is 23.4 Å². The Kier molecular flexibility index (Phi) is 9.35. The molecular formula is C41H38FN9O5S. The van der Waals surface area contributed by atoms with Crippen molar-refractivity contribution < 1.29 is 27.7 Å². The first-order valence-corrected chi connectivity index (χ1v) is 20.0. The standard InChI is InChI=1S/C41H38FN9O5S/c1-22(2)56-37-36(28-18-44-45-19-28)43-21-51-38(37)48-41(49-51)46-33-9-7-30(17-32(33)42)57(55)29-5-3-4-23(15-29)12-24-13-26(14-24)25-6-8-31-27(16-25)20-50(40(31)54)34-10-11-35(52)47-39(34)53/h3-9,15-19,21-22,24,26,34H,10-14,20H2,1-2H3,(H,44,45)(H,46,49)(H,47,52,53). The molecule has 1 aliphatic carbocycles. The zero-order chi connectivity index (χ0) is 39.4. The molecule has 2 unspecified atom stereocenters. The average Bonchev–Trinajstić information content (AvgIpc) is 3.93. The van der Waals surface area contributed by atoms with Gasteiger partial charge in [0, 0.05) is 40.1 Å². The first-order chi connectivity index (χ1) is 27.6. The summed E-state index contributed by atoms with van der Waals surface area (Å²) < 4.78 is 36.7. The van der Waals surface area contributed by atoms with Crippen molar-refractivity contribution in [2.75, 3.05) is 5.32 Å². The minimum Gasteiger partial charge on any atom is -0.485 e. The fourth-order valence-electron chi connectivity index (χ4n) is 7.93. The van der Waals surface area contributed by atoms with Gasteiger partial charge in [0.05, 0.1) is 28.8 Å². The van der Waals surface area contributed by atoms with Crippen LogP contribution in [0.15, 0.2) is 89.2 Å². The summed E-state index contributed by atoms with van der Waals surface area (Å²) in [5, 5.41) is 16.5. The van der Waals surface area contributed by atoms with Gasteiger partial charge in [-0.25, -0.2) is 13.6 Å². The first-order valence-electron chi connectivity index (χ1n) is 18.8. The molecule has 0 radical (unpaired) electrons. The summed E-state index contributed by atoms with van der Waals surface area (Å²) >= 11 is 0. The van der Waals surface area contributed by atoms with E-state index >= 15 is 4.39 Å². The van der Waals surface area contributed by atoms with Crippen molar-refractivity contribution in [3.05, 3.63) is 107 Å². The van der Waals surface area contributed by atoms with Crippen molar-refractivity contribution >= 4 is 45.8 Å². The van der Waals surface area contributed by atoms with E-state index in [4.69, 9.17) is 4.74 Å². The summed E-state index contributed by atoms with van der Waals surface area (Å²) in [7, 11) is -1.62. The number of carbonyl (C=O) groups is 3. The Morgan fingerprint density at radius 1 is 1.05 bits per heavy atom. The molecule has 1 saturated carbocycles. The summed E-state index contributed by atoms with van der Waals surface area (Å²) in [5.74, 6) is -0.146. The summed E-state index contributed by atoms with van der Waals surface area (Å²) in [4.78, 5) is 48.7. The van der Waals surface area contributed by atoms with Gasteiger partial charge in [-0.05, 0) is 104 Å². The lowest BCUT2D eigenvalue weighted by atomic mass is 9.69. The van der Waals surface area contributed by atoms with E-state index in [1.807, 2.05) is 44.2 Å². The van der Waals surface area contributed by atoms with Crippen LogP contribution >= 0.6 is 0 Å². The van der Waals surface area contributed by atoms with Gasteiger partial charge in [-0.15, -0.1) is 5.10 Å². The highest BCUT2D eigenvalue weighted by molar-refractivity contribution is 7.85. The Morgan fingerprint density at radius 3 is 2.67 bits per heavy atom. The van der Waals surface area contributed by atoms with E-state index in [0.29, 0.717) is 57.2 Å². The van der Waals surface area contributed by atoms with Gasteiger partial charge < -0.3 is 15.0 Å². The van der Waals surface area contributed by atoms with E-state index in [2.05, 4.69) is 42.0 Å². The number of aromatic nitrogens is 6. The van der Waals surface area contributed by atoms with Crippen LogP contribution in [-0.4, -0.2) is 68.8 Å². The fourth-order valence-corrected chi connectivity index (χ4v) is 9.07.